The molecule has 0 unspecified atom stereocenters. The highest BCUT2D eigenvalue weighted by Crippen LogP contribution is 2.22. The van der Waals surface area contributed by atoms with Crippen molar-refractivity contribution >= 4 is 9.84 Å². The van der Waals surface area contributed by atoms with Gasteiger partial charge in [0.05, 0.1) is 11.5 Å². The first-order chi connectivity index (χ1) is 8.62. The van der Waals surface area contributed by atoms with Crippen molar-refractivity contribution in [2.45, 2.75) is 51.1 Å². The lowest BCUT2D eigenvalue weighted by Crippen LogP contribution is -2.48. The van der Waals surface area contributed by atoms with Gasteiger partial charge >= 0.3 is 0 Å². The van der Waals surface area contributed by atoms with E-state index in [0.717, 1.165) is 26.1 Å². The van der Waals surface area contributed by atoms with Gasteiger partial charge < -0.3 is 5.32 Å². The fraction of sp³-hybridized carbons (Fsp3) is 1.00. The van der Waals surface area contributed by atoms with Gasteiger partial charge in [-0.15, -0.1) is 0 Å². The van der Waals surface area contributed by atoms with E-state index in [1.165, 1.54) is 25.7 Å². The zero-order chi connectivity index (χ0) is 13.0. The standard InChI is InChI=1S/C13H26N2O2S/c1-2-3-4-7-14-12-10-18(16,17)11-13(12)15-8-5-6-9-15/h12-14H,2-11H2,1H3/t12-,13-/m1/s1. The van der Waals surface area contributed by atoms with Gasteiger partial charge in [-0.2, -0.15) is 0 Å². The van der Waals surface area contributed by atoms with E-state index in [2.05, 4.69) is 17.1 Å². The fourth-order valence-electron chi connectivity index (χ4n) is 3.12. The summed E-state index contributed by atoms with van der Waals surface area (Å²) in [6.07, 6.45) is 6.03. The van der Waals surface area contributed by atoms with Gasteiger partial charge in [0.1, 0.15) is 0 Å². The zero-order valence-electron chi connectivity index (χ0n) is 11.4. The van der Waals surface area contributed by atoms with Crippen LogP contribution < -0.4 is 5.32 Å². The Morgan fingerprint density at radius 3 is 2.56 bits per heavy atom. The van der Waals surface area contributed by atoms with Crippen molar-refractivity contribution in [3.8, 4) is 0 Å². The van der Waals surface area contributed by atoms with Gasteiger partial charge in [0.15, 0.2) is 9.84 Å². The van der Waals surface area contributed by atoms with E-state index in [4.69, 9.17) is 0 Å². The van der Waals surface area contributed by atoms with Crippen molar-refractivity contribution < 1.29 is 8.42 Å². The molecule has 0 spiro atoms. The summed E-state index contributed by atoms with van der Waals surface area (Å²) in [7, 11) is -2.83. The molecule has 2 saturated heterocycles. The average Bonchev–Trinajstić information content (AvgIpc) is 2.91. The highest BCUT2D eigenvalue weighted by atomic mass is 32.2. The van der Waals surface area contributed by atoms with Gasteiger partial charge in [-0.1, -0.05) is 19.8 Å². The summed E-state index contributed by atoms with van der Waals surface area (Å²) in [5, 5.41) is 3.48. The second-order valence-electron chi connectivity index (χ2n) is 5.66. The molecule has 0 bridgehead atoms. The monoisotopic (exact) mass is 274 g/mol. The van der Waals surface area contributed by atoms with Crippen molar-refractivity contribution in [1.29, 1.82) is 0 Å². The van der Waals surface area contributed by atoms with Gasteiger partial charge in [0.2, 0.25) is 0 Å². The molecule has 0 aromatic carbocycles. The third-order valence-electron chi connectivity index (χ3n) is 4.12. The van der Waals surface area contributed by atoms with Crippen molar-refractivity contribution in [2.75, 3.05) is 31.1 Å². The first-order valence-corrected chi connectivity index (χ1v) is 9.12. The molecule has 2 atom stereocenters. The minimum Gasteiger partial charge on any atom is -0.311 e. The van der Waals surface area contributed by atoms with Crippen molar-refractivity contribution in [1.82, 2.24) is 10.2 Å². The first-order valence-electron chi connectivity index (χ1n) is 7.30. The lowest BCUT2D eigenvalue weighted by Gasteiger charge is -2.28. The SMILES string of the molecule is CCCCCN[C@@H]1CS(=O)(=O)C[C@H]1N1CCCC1. The Bertz CT molecular complexity index is 350. The van der Waals surface area contributed by atoms with Crippen LogP contribution >= 0.6 is 0 Å². The maximum absolute atomic E-state index is 11.8. The molecule has 2 aliphatic heterocycles. The normalized spacial score (nSPS) is 32.1. The Kier molecular flexibility index (Phi) is 5.04. The van der Waals surface area contributed by atoms with E-state index in [0.29, 0.717) is 11.5 Å². The van der Waals surface area contributed by atoms with E-state index in [1.54, 1.807) is 0 Å². The fourth-order valence-corrected chi connectivity index (χ4v) is 5.11. The van der Waals surface area contributed by atoms with E-state index in [-0.39, 0.29) is 12.1 Å². The van der Waals surface area contributed by atoms with Gasteiger partial charge in [-0.3, -0.25) is 4.90 Å². The van der Waals surface area contributed by atoms with Crippen molar-refractivity contribution in [3.05, 3.63) is 0 Å². The predicted octanol–water partition coefficient (Wildman–Crippen LogP) is 1.03. The highest BCUT2D eigenvalue weighted by molar-refractivity contribution is 7.91. The number of nitrogens with zero attached hydrogens (tertiary/aromatic N) is 1. The minimum atomic E-state index is -2.83. The maximum Gasteiger partial charge on any atom is 0.153 e. The number of likely N-dealkylation sites (tertiary alicyclic amines) is 1. The topological polar surface area (TPSA) is 49.4 Å². The molecule has 0 saturated carbocycles. The molecule has 2 aliphatic rings. The summed E-state index contributed by atoms with van der Waals surface area (Å²) >= 11 is 0. The van der Waals surface area contributed by atoms with Crippen LogP contribution in [0.4, 0.5) is 0 Å². The molecule has 2 rings (SSSR count). The number of unbranched alkanes of at least 4 members (excludes halogenated alkanes) is 2. The molecule has 18 heavy (non-hydrogen) atoms. The molecule has 0 aromatic heterocycles. The summed E-state index contributed by atoms with van der Waals surface area (Å²) < 4.78 is 23.7. The Morgan fingerprint density at radius 2 is 1.89 bits per heavy atom. The van der Waals surface area contributed by atoms with Crippen LogP contribution in [-0.4, -0.2) is 56.5 Å². The molecule has 4 nitrogen and oxygen atoms in total. The number of sulfone groups is 1. The van der Waals surface area contributed by atoms with Crippen LogP contribution in [0.3, 0.4) is 0 Å². The van der Waals surface area contributed by atoms with Crippen LogP contribution in [0.1, 0.15) is 39.0 Å². The minimum absolute atomic E-state index is 0.157. The van der Waals surface area contributed by atoms with Crippen molar-refractivity contribution in [2.24, 2.45) is 0 Å². The molecule has 0 amide bonds. The summed E-state index contributed by atoms with van der Waals surface area (Å²) in [4.78, 5) is 2.38. The molecule has 1 N–H and O–H groups in total. The van der Waals surface area contributed by atoms with Gasteiger partial charge in [-0.05, 0) is 38.9 Å². The van der Waals surface area contributed by atoms with Crippen molar-refractivity contribution in [3.63, 3.8) is 0 Å². The van der Waals surface area contributed by atoms with E-state index in [9.17, 15) is 8.42 Å². The van der Waals surface area contributed by atoms with E-state index < -0.39 is 9.84 Å². The van der Waals surface area contributed by atoms with Gasteiger partial charge in [0, 0.05) is 12.1 Å². The van der Waals surface area contributed by atoms with Crippen LogP contribution in [0.5, 0.6) is 0 Å². The number of nitrogens with one attached hydrogen (secondary N) is 1. The smallest absolute Gasteiger partial charge is 0.153 e. The zero-order valence-corrected chi connectivity index (χ0v) is 12.2. The summed E-state index contributed by atoms with van der Waals surface area (Å²) in [6, 6.07) is 0.379. The molecule has 106 valence electrons. The number of rotatable bonds is 6. The van der Waals surface area contributed by atoms with Crippen LogP contribution in [0.15, 0.2) is 0 Å². The summed E-state index contributed by atoms with van der Waals surface area (Å²) in [5.74, 6) is 0.693. The first kappa shape index (κ1) is 14.3. The second kappa shape index (κ2) is 6.35. The van der Waals surface area contributed by atoms with Crippen LogP contribution in [0, 0.1) is 0 Å². The Hall–Kier alpha value is -0.130. The van der Waals surface area contributed by atoms with Crippen LogP contribution in [-0.2, 0) is 9.84 Å². The van der Waals surface area contributed by atoms with Crippen LogP contribution in [0.2, 0.25) is 0 Å². The largest absolute Gasteiger partial charge is 0.311 e. The van der Waals surface area contributed by atoms with E-state index >= 15 is 0 Å². The molecule has 0 aromatic rings. The Balaban J connectivity index is 1.88. The van der Waals surface area contributed by atoms with E-state index in [1.807, 2.05) is 0 Å². The lowest BCUT2D eigenvalue weighted by atomic mass is 10.1. The summed E-state index contributed by atoms with van der Waals surface area (Å²) in [5.41, 5.74) is 0. The average molecular weight is 274 g/mol. The van der Waals surface area contributed by atoms with Gasteiger partial charge in [-0.25, -0.2) is 8.42 Å². The molecule has 2 heterocycles. The quantitative estimate of drug-likeness (QED) is 0.735. The number of hydrogen-bond acceptors (Lipinski definition) is 4. The summed E-state index contributed by atoms with van der Waals surface area (Å²) in [6.45, 7) is 5.30. The Labute approximate surface area is 111 Å². The Morgan fingerprint density at radius 1 is 1.17 bits per heavy atom. The number of hydrogen-bond donors (Lipinski definition) is 1. The lowest BCUT2D eigenvalue weighted by molar-refractivity contribution is 0.226. The highest BCUT2D eigenvalue weighted by Gasteiger charge is 2.41. The second-order valence-corrected chi connectivity index (χ2v) is 7.81. The van der Waals surface area contributed by atoms with Crippen LogP contribution in [0.25, 0.3) is 0 Å². The molecular formula is C13H26N2O2S. The van der Waals surface area contributed by atoms with Gasteiger partial charge in [0.25, 0.3) is 0 Å². The molecule has 5 heteroatoms. The molecule has 2 fully saturated rings. The maximum atomic E-state index is 11.8. The third kappa shape index (κ3) is 3.68. The molecule has 0 radical (unpaired) electrons. The molecule has 0 aliphatic carbocycles. The predicted molar refractivity (Wildman–Crippen MR) is 74.6 cm³/mol. The third-order valence-corrected chi connectivity index (χ3v) is 5.84. The molecular weight excluding hydrogens is 248 g/mol.